The van der Waals surface area contributed by atoms with Gasteiger partial charge in [0.2, 0.25) is 6.29 Å². The van der Waals surface area contributed by atoms with Gasteiger partial charge in [-0.3, -0.25) is 4.79 Å². The van der Waals surface area contributed by atoms with E-state index in [0.717, 1.165) is 0 Å². The van der Waals surface area contributed by atoms with Crippen LogP contribution in [0, 0.1) is 11.8 Å². The van der Waals surface area contributed by atoms with Crippen LogP contribution in [-0.2, 0) is 14.3 Å². The number of anilines is 1. The summed E-state index contributed by atoms with van der Waals surface area (Å²) in [5, 5.41) is 0. The number of hydrogen-bond acceptors (Lipinski definition) is 5. The second kappa shape index (κ2) is 6.35. The molecule has 0 aliphatic carbocycles. The molecule has 2 unspecified atom stereocenters. The minimum atomic E-state index is -0.612. The van der Waals surface area contributed by atoms with Gasteiger partial charge in [-0.05, 0) is 37.1 Å². The number of hydrogen-bond donors (Lipinski definition) is 1. The van der Waals surface area contributed by atoms with E-state index in [1.165, 1.54) is 6.92 Å². The number of carbonyl (C=O) groups is 1. The highest BCUT2D eigenvalue weighted by molar-refractivity contribution is 5.66. The standard InChI is InChI=1S/C16H23NO4/c1-9-10(2)15(20-12(4)18)16(19-11(9)3)21-14-7-5-13(17)6-8-14/h5-11,15-16H,17H2,1-4H3/t9-,10+,11?,15?,16+/m1/s1. The first-order chi connectivity index (χ1) is 9.88. The number of carbonyl (C=O) groups excluding carboxylic acids is 1. The fraction of sp³-hybridized carbons (Fsp3) is 0.562. The summed E-state index contributed by atoms with van der Waals surface area (Å²) < 4.78 is 17.2. The summed E-state index contributed by atoms with van der Waals surface area (Å²) in [4.78, 5) is 11.3. The molecule has 5 heteroatoms. The van der Waals surface area contributed by atoms with Crippen molar-refractivity contribution in [1.82, 2.24) is 0 Å². The molecule has 0 aromatic heterocycles. The van der Waals surface area contributed by atoms with Gasteiger partial charge < -0.3 is 19.9 Å². The van der Waals surface area contributed by atoms with E-state index in [4.69, 9.17) is 19.9 Å². The molecule has 0 saturated carbocycles. The molecule has 116 valence electrons. The quantitative estimate of drug-likeness (QED) is 0.685. The summed E-state index contributed by atoms with van der Waals surface area (Å²) in [7, 11) is 0. The second-order valence-corrected chi connectivity index (χ2v) is 5.69. The third kappa shape index (κ3) is 3.67. The molecule has 1 aliphatic rings. The van der Waals surface area contributed by atoms with Crippen LogP contribution in [0.5, 0.6) is 5.75 Å². The highest BCUT2D eigenvalue weighted by Crippen LogP contribution is 2.33. The molecule has 2 N–H and O–H groups in total. The molecule has 1 fully saturated rings. The van der Waals surface area contributed by atoms with Crippen molar-refractivity contribution in [1.29, 1.82) is 0 Å². The second-order valence-electron chi connectivity index (χ2n) is 5.69. The Morgan fingerprint density at radius 3 is 2.33 bits per heavy atom. The molecule has 1 aromatic rings. The molecule has 0 radical (unpaired) electrons. The van der Waals surface area contributed by atoms with Crippen molar-refractivity contribution in [3.63, 3.8) is 0 Å². The number of nitrogens with two attached hydrogens (primary N) is 1. The molecule has 5 nitrogen and oxygen atoms in total. The first kappa shape index (κ1) is 15.6. The Hall–Kier alpha value is -1.75. The van der Waals surface area contributed by atoms with Crippen LogP contribution in [0.15, 0.2) is 24.3 Å². The maximum Gasteiger partial charge on any atom is 0.303 e. The Morgan fingerprint density at radius 1 is 1.14 bits per heavy atom. The van der Waals surface area contributed by atoms with Gasteiger partial charge in [0.05, 0.1) is 6.10 Å². The number of esters is 1. The average Bonchev–Trinajstić information content (AvgIpc) is 2.43. The number of rotatable bonds is 3. The Bertz CT molecular complexity index is 488. The largest absolute Gasteiger partial charge is 0.461 e. The van der Waals surface area contributed by atoms with Crippen LogP contribution < -0.4 is 10.5 Å². The molecule has 2 rings (SSSR count). The molecule has 5 atom stereocenters. The molecule has 1 heterocycles. The Kier molecular flexibility index (Phi) is 4.73. The predicted octanol–water partition coefficient (Wildman–Crippen LogP) is 2.60. The van der Waals surface area contributed by atoms with E-state index in [1.54, 1.807) is 24.3 Å². The van der Waals surface area contributed by atoms with E-state index in [9.17, 15) is 4.79 Å². The summed E-state index contributed by atoms with van der Waals surface area (Å²) in [5.41, 5.74) is 6.32. The lowest BCUT2D eigenvalue weighted by Gasteiger charge is -2.42. The van der Waals surface area contributed by atoms with Crippen LogP contribution in [0.3, 0.4) is 0 Å². The van der Waals surface area contributed by atoms with Crippen molar-refractivity contribution in [2.75, 3.05) is 5.73 Å². The van der Waals surface area contributed by atoms with Gasteiger partial charge in [0.25, 0.3) is 0 Å². The minimum Gasteiger partial charge on any atom is -0.461 e. The smallest absolute Gasteiger partial charge is 0.303 e. The molecule has 0 bridgehead atoms. The third-order valence-corrected chi connectivity index (χ3v) is 4.14. The predicted molar refractivity (Wildman–Crippen MR) is 79.7 cm³/mol. The van der Waals surface area contributed by atoms with Crippen molar-refractivity contribution in [2.24, 2.45) is 11.8 Å². The monoisotopic (exact) mass is 293 g/mol. The van der Waals surface area contributed by atoms with Crippen molar-refractivity contribution in [2.45, 2.75) is 46.2 Å². The first-order valence-electron chi connectivity index (χ1n) is 7.23. The lowest BCUT2D eigenvalue weighted by atomic mass is 9.84. The highest BCUT2D eigenvalue weighted by Gasteiger charge is 2.43. The van der Waals surface area contributed by atoms with Gasteiger partial charge in [0, 0.05) is 18.5 Å². The Labute approximate surface area is 125 Å². The molecule has 1 aliphatic heterocycles. The highest BCUT2D eigenvalue weighted by atomic mass is 16.7. The van der Waals surface area contributed by atoms with E-state index in [1.807, 2.05) is 6.92 Å². The van der Waals surface area contributed by atoms with E-state index in [0.29, 0.717) is 11.4 Å². The maximum absolute atomic E-state index is 11.3. The fourth-order valence-electron chi connectivity index (χ4n) is 2.52. The van der Waals surface area contributed by atoms with Gasteiger partial charge in [-0.2, -0.15) is 0 Å². The molecule has 1 saturated heterocycles. The minimum absolute atomic E-state index is 0.0330. The van der Waals surface area contributed by atoms with Crippen LogP contribution in [0.25, 0.3) is 0 Å². The van der Waals surface area contributed by atoms with Gasteiger partial charge >= 0.3 is 5.97 Å². The SMILES string of the molecule is CC(=O)OC1[C@H](Oc2ccc(N)cc2)OC(C)[C@H](C)[C@@H]1C. The zero-order valence-corrected chi connectivity index (χ0v) is 12.9. The lowest BCUT2D eigenvalue weighted by Crippen LogP contribution is -2.52. The van der Waals surface area contributed by atoms with Crippen molar-refractivity contribution >= 4 is 11.7 Å². The zero-order chi connectivity index (χ0) is 15.6. The normalized spacial score (nSPS) is 32.5. The van der Waals surface area contributed by atoms with E-state index < -0.39 is 12.4 Å². The van der Waals surface area contributed by atoms with Crippen LogP contribution in [0.1, 0.15) is 27.7 Å². The van der Waals surface area contributed by atoms with Crippen LogP contribution in [-0.4, -0.2) is 24.5 Å². The molecule has 0 amide bonds. The van der Waals surface area contributed by atoms with E-state index >= 15 is 0 Å². The average molecular weight is 293 g/mol. The van der Waals surface area contributed by atoms with Crippen LogP contribution in [0.4, 0.5) is 5.69 Å². The van der Waals surface area contributed by atoms with Gasteiger partial charge in [-0.25, -0.2) is 0 Å². The van der Waals surface area contributed by atoms with E-state index in [-0.39, 0.29) is 23.9 Å². The number of benzene rings is 1. The summed E-state index contributed by atoms with van der Waals surface area (Å²) in [6.45, 7) is 7.54. The van der Waals surface area contributed by atoms with Crippen molar-refractivity contribution in [3.8, 4) is 5.75 Å². The Balaban J connectivity index is 2.16. The first-order valence-corrected chi connectivity index (χ1v) is 7.23. The molecule has 0 spiro atoms. The number of nitrogen functional groups attached to an aromatic ring is 1. The van der Waals surface area contributed by atoms with Gasteiger partial charge in [0.15, 0.2) is 6.10 Å². The fourth-order valence-corrected chi connectivity index (χ4v) is 2.52. The summed E-state index contributed by atoms with van der Waals surface area (Å²) >= 11 is 0. The molecule has 21 heavy (non-hydrogen) atoms. The van der Waals surface area contributed by atoms with Gasteiger partial charge in [-0.1, -0.05) is 13.8 Å². The zero-order valence-electron chi connectivity index (χ0n) is 12.9. The van der Waals surface area contributed by atoms with E-state index in [2.05, 4.69) is 13.8 Å². The molecular formula is C16H23NO4. The number of ether oxygens (including phenoxy) is 3. The Morgan fingerprint density at radius 2 is 1.76 bits per heavy atom. The lowest BCUT2D eigenvalue weighted by molar-refractivity contribution is -0.242. The van der Waals surface area contributed by atoms with Crippen molar-refractivity contribution < 1.29 is 19.0 Å². The summed E-state index contributed by atoms with van der Waals surface area (Å²) in [5.74, 6) is 0.737. The topological polar surface area (TPSA) is 70.8 Å². The summed E-state index contributed by atoms with van der Waals surface area (Å²) in [6, 6.07) is 7.07. The third-order valence-electron chi connectivity index (χ3n) is 4.14. The van der Waals surface area contributed by atoms with Crippen LogP contribution in [0.2, 0.25) is 0 Å². The summed E-state index contributed by atoms with van der Waals surface area (Å²) in [6.07, 6.45) is -1.00. The van der Waals surface area contributed by atoms with Gasteiger partial charge in [-0.15, -0.1) is 0 Å². The molecule has 1 aromatic carbocycles. The van der Waals surface area contributed by atoms with Crippen molar-refractivity contribution in [3.05, 3.63) is 24.3 Å². The maximum atomic E-state index is 11.3. The van der Waals surface area contributed by atoms with Crippen LogP contribution >= 0.6 is 0 Å². The molecular weight excluding hydrogens is 270 g/mol. The van der Waals surface area contributed by atoms with Gasteiger partial charge in [0.1, 0.15) is 5.75 Å².